The molecule has 0 bridgehead atoms. The van der Waals surface area contributed by atoms with Crippen molar-refractivity contribution in [1.82, 2.24) is 4.98 Å². The Morgan fingerprint density at radius 3 is 2.94 bits per heavy atom. The number of carbonyl (C=O) groups is 1. The van der Waals surface area contributed by atoms with Gasteiger partial charge in [-0.2, -0.15) is 0 Å². The van der Waals surface area contributed by atoms with Crippen LogP contribution in [-0.2, 0) is 9.53 Å². The van der Waals surface area contributed by atoms with E-state index in [1.165, 1.54) is 7.11 Å². The van der Waals surface area contributed by atoms with Crippen molar-refractivity contribution in [3.63, 3.8) is 0 Å². The third kappa shape index (κ3) is 3.11. The van der Waals surface area contributed by atoms with Crippen molar-refractivity contribution in [2.45, 2.75) is 12.5 Å². The number of esters is 1. The Morgan fingerprint density at radius 1 is 1.56 bits per heavy atom. The van der Waals surface area contributed by atoms with Crippen molar-refractivity contribution < 1.29 is 14.6 Å². The third-order valence-electron chi connectivity index (χ3n) is 3.05. The lowest BCUT2D eigenvalue weighted by Gasteiger charge is -2.35. The molecule has 0 aliphatic carbocycles. The second-order valence-corrected chi connectivity index (χ2v) is 4.12. The second-order valence-electron chi connectivity index (χ2n) is 4.12. The molecule has 1 aliphatic heterocycles. The summed E-state index contributed by atoms with van der Waals surface area (Å²) in [6.07, 6.45) is 1.64. The summed E-state index contributed by atoms with van der Waals surface area (Å²) < 4.78 is 4.70. The maximum atomic E-state index is 11.5. The van der Waals surface area contributed by atoms with E-state index in [0.717, 1.165) is 5.82 Å². The maximum absolute atomic E-state index is 11.5. The molecule has 1 aromatic rings. The Bertz CT molecular complexity index is 388. The van der Waals surface area contributed by atoms with Crippen LogP contribution in [0.1, 0.15) is 6.42 Å². The molecule has 2 heterocycles. The average molecular weight is 273 g/mol. The van der Waals surface area contributed by atoms with E-state index < -0.39 is 12.0 Å². The number of aromatic nitrogens is 1. The van der Waals surface area contributed by atoms with Gasteiger partial charge in [-0.05, 0) is 18.6 Å². The largest absolute Gasteiger partial charge is 0.469 e. The molecule has 0 aromatic carbocycles. The van der Waals surface area contributed by atoms with Crippen LogP contribution in [0.4, 0.5) is 5.82 Å². The highest BCUT2D eigenvalue weighted by atomic mass is 35.5. The Balaban J connectivity index is 0.00000162. The van der Waals surface area contributed by atoms with Gasteiger partial charge in [0.25, 0.3) is 0 Å². The molecule has 2 unspecified atom stereocenters. The zero-order chi connectivity index (χ0) is 12.3. The summed E-state index contributed by atoms with van der Waals surface area (Å²) in [5.74, 6) is -0.0257. The summed E-state index contributed by atoms with van der Waals surface area (Å²) in [6, 6.07) is 5.65. The van der Waals surface area contributed by atoms with Crippen LogP contribution in [-0.4, -0.2) is 42.4 Å². The minimum absolute atomic E-state index is 0. The lowest BCUT2D eigenvalue weighted by Crippen LogP contribution is -2.47. The van der Waals surface area contributed by atoms with E-state index in [1.54, 1.807) is 6.20 Å². The molecule has 0 spiro atoms. The highest BCUT2D eigenvalue weighted by Gasteiger charge is 2.34. The lowest BCUT2D eigenvalue weighted by atomic mass is 9.95. The number of piperidine rings is 1. The Hall–Kier alpha value is -1.33. The molecule has 1 saturated heterocycles. The van der Waals surface area contributed by atoms with E-state index in [-0.39, 0.29) is 18.4 Å². The van der Waals surface area contributed by atoms with Crippen LogP contribution in [0.15, 0.2) is 24.4 Å². The first-order valence-corrected chi connectivity index (χ1v) is 5.64. The SMILES string of the molecule is COC(=O)C1CN(c2ccccn2)CCC1O.Cl. The second kappa shape index (κ2) is 6.56. The molecule has 0 amide bonds. The third-order valence-corrected chi connectivity index (χ3v) is 3.05. The lowest BCUT2D eigenvalue weighted by molar-refractivity contribution is -0.149. The van der Waals surface area contributed by atoms with Gasteiger partial charge in [0.05, 0.1) is 13.2 Å². The van der Waals surface area contributed by atoms with Gasteiger partial charge in [0.1, 0.15) is 11.7 Å². The number of hydrogen-bond acceptors (Lipinski definition) is 5. The van der Waals surface area contributed by atoms with Crippen LogP contribution in [0.3, 0.4) is 0 Å². The van der Waals surface area contributed by atoms with Crippen molar-refractivity contribution in [3.05, 3.63) is 24.4 Å². The van der Waals surface area contributed by atoms with E-state index in [0.29, 0.717) is 19.5 Å². The summed E-state index contributed by atoms with van der Waals surface area (Å²) in [5, 5.41) is 9.79. The maximum Gasteiger partial charge on any atom is 0.313 e. The molecule has 6 heteroatoms. The number of nitrogens with zero attached hydrogens (tertiary/aromatic N) is 2. The van der Waals surface area contributed by atoms with Gasteiger partial charge in [-0.1, -0.05) is 6.07 Å². The van der Waals surface area contributed by atoms with E-state index in [4.69, 9.17) is 4.74 Å². The molecular formula is C12H17ClN2O3. The number of aliphatic hydroxyl groups excluding tert-OH is 1. The highest BCUT2D eigenvalue weighted by Crippen LogP contribution is 2.22. The quantitative estimate of drug-likeness (QED) is 0.809. The van der Waals surface area contributed by atoms with Gasteiger partial charge in [-0.25, -0.2) is 4.98 Å². The number of hydrogen-bond donors (Lipinski definition) is 1. The van der Waals surface area contributed by atoms with Gasteiger partial charge in [0, 0.05) is 19.3 Å². The molecular weight excluding hydrogens is 256 g/mol. The van der Waals surface area contributed by atoms with Crippen LogP contribution >= 0.6 is 12.4 Å². The normalized spacial score (nSPS) is 23.1. The van der Waals surface area contributed by atoms with E-state index in [2.05, 4.69) is 4.98 Å². The van der Waals surface area contributed by atoms with E-state index >= 15 is 0 Å². The fourth-order valence-electron chi connectivity index (χ4n) is 2.07. The number of pyridine rings is 1. The molecule has 2 atom stereocenters. The summed E-state index contributed by atoms with van der Waals surface area (Å²) in [4.78, 5) is 17.8. The monoisotopic (exact) mass is 272 g/mol. The molecule has 1 aromatic heterocycles. The van der Waals surface area contributed by atoms with E-state index in [9.17, 15) is 9.90 Å². The number of carbonyl (C=O) groups excluding carboxylic acids is 1. The summed E-state index contributed by atoms with van der Waals surface area (Å²) in [7, 11) is 1.34. The standard InChI is InChI=1S/C12H16N2O3.ClH/c1-17-12(16)9-8-14(7-5-10(9)15)11-4-2-3-6-13-11;/h2-4,6,9-10,15H,5,7-8H2,1H3;1H. The van der Waals surface area contributed by atoms with Crippen LogP contribution in [0.5, 0.6) is 0 Å². The molecule has 18 heavy (non-hydrogen) atoms. The number of rotatable bonds is 2. The molecule has 1 aliphatic rings. The van der Waals surface area contributed by atoms with Crippen molar-refractivity contribution in [2.75, 3.05) is 25.1 Å². The Labute approximate surface area is 112 Å². The van der Waals surface area contributed by atoms with Gasteiger partial charge in [-0.3, -0.25) is 4.79 Å². The van der Waals surface area contributed by atoms with Gasteiger partial charge >= 0.3 is 5.97 Å². The van der Waals surface area contributed by atoms with Gasteiger partial charge < -0.3 is 14.7 Å². The van der Waals surface area contributed by atoms with Crippen molar-refractivity contribution in [3.8, 4) is 0 Å². The number of aliphatic hydroxyl groups is 1. The number of ether oxygens (including phenoxy) is 1. The van der Waals surface area contributed by atoms with Gasteiger partial charge in [-0.15, -0.1) is 12.4 Å². The van der Waals surface area contributed by atoms with Crippen LogP contribution in [0.25, 0.3) is 0 Å². The van der Waals surface area contributed by atoms with Crippen molar-refractivity contribution >= 4 is 24.2 Å². The number of methoxy groups -OCH3 is 1. The smallest absolute Gasteiger partial charge is 0.313 e. The number of anilines is 1. The molecule has 0 saturated carbocycles. The van der Waals surface area contributed by atoms with Crippen molar-refractivity contribution in [1.29, 1.82) is 0 Å². The molecule has 5 nitrogen and oxygen atoms in total. The summed E-state index contributed by atoms with van der Waals surface area (Å²) in [6.45, 7) is 1.15. The fourth-order valence-corrected chi connectivity index (χ4v) is 2.07. The Kier molecular flexibility index (Phi) is 5.37. The average Bonchev–Trinajstić information content (AvgIpc) is 2.39. The van der Waals surface area contributed by atoms with E-state index in [1.807, 2.05) is 23.1 Å². The summed E-state index contributed by atoms with van der Waals surface area (Å²) >= 11 is 0. The highest BCUT2D eigenvalue weighted by molar-refractivity contribution is 5.85. The zero-order valence-electron chi connectivity index (χ0n) is 10.2. The van der Waals surface area contributed by atoms with Crippen LogP contribution in [0.2, 0.25) is 0 Å². The first-order chi connectivity index (χ1) is 8.22. The minimum atomic E-state index is -0.623. The zero-order valence-corrected chi connectivity index (χ0v) is 11.0. The number of halogens is 1. The first kappa shape index (κ1) is 14.7. The molecule has 2 rings (SSSR count). The summed E-state index contributed by atoms with van der Waals surface area (Å²) in [5.41, 5.74) is 0. The Morgan fingerprint density at radius 2 is 2.33 bits per heavy atom. The van der Waals surface area contributed by atoms with Gasteiger partial charge in [0.2, 0.25) is 0 Å². The first-order valence-electron chi connectivity index (χ1n) is 5.64. The van der Waals surface area contributed by atoms with Crippen molar-refractivity contribution in [2.24, 2.45) is 5.92 Å². The predicted octanol–water partition coefficient (Wildman–Crippen LogP) is 0.864. The van der Waals surface area contributed by atoms with Gasteiger partial charge in [0.15, 0.2) is 0 Å². The molecule has 1 fully saturated rings. The topological polar surface area (TPSA) is 62.7 Å². The molecule has 100 valence electrons. The van der Waals surface area contributed by atoms with Crippen LogP contribution < -0.4 is 4.90 Å². The molecule has 1 N–H and O–H groups in total. The predicted molar refractivity (Wildman–Crippen MR) is 69.8 cm³/mol. The fraction of sp³-hybridized carbons (Fsp3) is 0.500. The molecule has 0 radical (unpaired) electrons. The van der Waals surface area contributed by atoms with Crippen LogP contribution in [0, 0.1) is 5.92 Å². The minimum Gasteiger partial charge on any atom is -0.469 e.